The average molecular weight is 535 g/mol. The average Bonchev–Trinajstić information content (AvgIpc) is 3.15. The zero-order valence-corrected chi connectivity index (χ0v) is 22.3. The molecule has 1 amide bonds. The largest absolute Gasteiger partial charge is 0.318 e. The minimum Gasteiger partial charge on any atom is -0.318 e. The van der Waals surface area contributed by atoms with Gasteiger partial charge in [0, 0.05) is 33.2 Å². The van der Waals surface area contributed by atoms with Crippen LogP contribution in [0.4, 0.5) is 5.69 Å². The van der Waals surface area contributed by atoms with E-state index < -0.39 is 15.9 Å². The SMILES string of the molecule is Cc1cc(C=NNC(=O)c2ccc(N(Cc3ccccc3)S(C)(=O)=O)cc2)c(C)n1-c1cccc(Cl)c1. The van der Waals surface area contributed by atoms with Gasteiger partial charge in [-0.3, -0.25) is 9.10 Å². The first-order valence-electron chi connectivity index (χ1n) is 11.5. The molecule has 0 saturated heterocycles. The zero-order chi connectivity index (χ0) is 26.6. The van der Waals surface area contributed by atoms with Gasteiger partial charge in [0.1, 0.15) is 0 Å². The van der Waals surface area contributed by atoms with Crippen molar-refractivity contribution in [3.63, 3.8) is 0 Å². The summed E-state index contributed by atoms with van der Waals surface area (Å²) in [6, 6.07) is 25.3. The Morgan fingerprint density at radius 3 is 2.35 bits per heavy atom. The molecule has 7 nitrogen and oxygen atoms in total. The summed E-state index contributed by atoms with van der Waals surface area (Å²) in [6.45, 7) is 4.16. The summed E-state index contributed by atoms with van der Waals surface area (Å²) in [7, 11) is -3.52. The van der Waals surface area contributed by atoms with Gasteiger partial charge in [-0.2, -0.15) is 5.10 Å². The number of amides is 1. The van der Waals surface area contributed by atoms with Crippen LogP contribution in [0.3, 0.4) is 0 Å². The molecule has 0 unspecified atom stereocenters. The van der Waals surface area contributed by atoms with Crippen molar-refractivity contribution in [1.82, 2.24) is 9.99 Å². The monoisotopic (exact) mass is 534 g/mol. The minimum atomic E-state index is -3.52. The molecule has 0 radical (unpaired) electrons. The van der Waals surface area contributed by atoms with Crippen LogP contribution < -0.4 is 9.73 Å². The molecule has 4 aromatic rings. The maximum atomic E-state index is 12.6. The number of anilines is 1. The van der Waals surface area contributed by atoms with E-state index in [1.807, 2.05) is 74.5 Å². The summed E-state index contributed by atoms with van der Waals surface area (Å²) in [6.07, 6.45) is 2.76. The van der Waals surface area contributed by atoms with Crippen molar-refractivity contribution in [1.29, 1.82) is 0 Å². The van der Waals surface area contributed by atoms with E-state index in [0.29, 0.717) is 16.3 Å². The fourth-order valence-corrected chi connectivity index (χ4v) is 5.16. The highest BCUT2D eigenvalue weighted by Gasteiger charge is 2.18. The second kappa shape index (κ2) is 11.0. The van der Waals surface area contributed by atoms with Crippen LogP contribution in [-0.2, 0) is 16.6 Å². The Labute approximate surface area is 222 Å². The van der Waals surface area contributed by atoms with Gasteiger partial charge in [-0.25, -0.2) is 13.8 Å². The van der Waals surface area contributed by atoms with Crippen LogP contribution in [0.15, 0.2) is 90.0 Å². The molecule has 0 spiro atoms. The van der Waals surface area contributed by atoms with Crippen molar-refractivity contribution in [3.8, 4) is 5.69 Å². The van der Waals surface area contributed by atoms with E-state index in [0.717, 1.165) is 34.5 Å². The Kier molecular flexibility index (Phi) is 7.80. The molecule has 37 heavy (non-hydrogen) atoms. The van der Waals surface area contributed by atoms with Crippen LogP contribution in [0.1, 0.15) is 32.9 Å². The number of aromatic nitrogens is 1. The molecule has 0 fully saturated rings. The molecule has 0 aliphatic heterocycles. The number of rotatable bonds is 8. The summed E-state index contributed by atoms with van der Waals surface area (Å²) in [5, 5.41) is 4.78. The highest BCUT2D eigenvalue weighted by atomic mass is 35.5. The molecule has 1 N–H and O–H groups in total. The fraction of sp³-hybridized carbons (Fsp3) is 0.143. The second-order valence-corrected chi connectivity index (χ2v) is 11.0. The number of carbonyl (C=O) groups is 1. The normalized spacial score (nSPS) is 11.6. The van der Waals surface area contributed by atoms with Crippen LogP contribution in [-0.4, -0.2) is 31.4 Å². The van der Waals surface area contributed by atoms with Crippen LogP contribution in [0.5, 0.6) is 0 Å². The molecule has 190 valence electrons. The number of hydrazone groups is 1. The van der Waals surface area contributed by atoms with E-state index in [2.05, 4.69) is 15.1 Å². The lowest BCUT2D eigenvalue weighted by molar-refractivity contribution is 0.0955. The molecule has 4 rings (SSSR count). The third-order valence-corrected chi connectivity index (χ3v) is 7.27. The summed E-state index contributed by atoms with van der Waals surface area (Å²) >= 11 is 6.15. The Morgan fingerprint density at radius 2 is 1.70 bits per heavy atom. The lowest BCUT2D eigenvalue weighted by Crippen LogP contribution is -2.29. The van der Waals surface area contributed by atoms with E-state index in [9.17, 15) is 13.2 Å². The van der Waals surface area contributed by atoms with Gasteiger partial charge in [-0.05, 0) is 67.9 Å². The molecule has 1 aromatic heterocycles. The number of sulfonamides is 1. The maximum absolute atomic E-state index is 12.6. The standard InChI is InChI=1S/C28H27ClN4O3S/c1-20-16-24(21(2)33(20)27-11-7-10-25(29)17-27)18-30-31-28(34)23-12-14-26(15-13-23)32(37(3,35)36)19-22-8-5-4-6-9-22/h4-18H,19H2,1-3H3,(H,31,34). The summed E-state index contributed by atoms with van der Waals surface area (Å²) in [4.78, 5) is 12.6. The first-order valence-corrected chi connectivity index (χ1v) is 13.8. The smallest absolute Gasteiger partial charge is 0.271 e. The highest BCUT2D eigenvalue weighted by Crippen LogP contribution is 2.23. The Hall–Kier alpha value is -3.88. The third kappa shape index (κ3) is 6.28. The maximum Gasteiger partial charge on any atom is 0.271 e. The Balaban J connectivity index is 1.46. The summed E-state index contributed by atoms with van der Waals surface area (Å²) in [5.74, 6) is -0.402. The van der Waals surface area contributed by atoms with Crippen LogP contribution in [0, 0.1) is 13.8 Å². The number of nitrogens with one attached hydrogen (secondary N) is 1. The molecule has 0 saturated carbocycles. The number of hydrogen-bond acceptors (Lipinski definition) is 4. The van der Waals surface area contributed by atoms with Gasteiger partial charge in [0.25, 0.3) is 5.91 Å². The molecule has 1 heterocycles. The van der Waals surface area contributed by atoms with Gasteiger partial charge in [-0.1, -0.05) is 48.0 Å². The predicted octanol–water partition coefficient (Wildman–Crippen LogP) is 5.48. The number of hydrogen-bond donors (Lipinski definition) is 1. The molecule has 0 aliphatic carbocycles. The van der Waals surface area contributed by atoms with Crippen molar-refractivity contribution in [2.75, 3.05) is 10.6 Å². The third-order valence-electron chi connectivity index (χ3n) is 5.89. The van der Waals surface area contributed by atoms with E-state index in [4.69, 9.17) is 11.6 Å². The predicted molar refractivity (Wildman–Crippen MR) is 149 cm³/mol. The van der Waals surface area contributed by atoms with Gasteiger partial charge in [0.15, 0.2) is 0 Å². The number of benzene rings is 3. The lowest BCUT2D eigenvalue weighted by Gasteiger charge is -2.22. The van der Waals surface area contributed by atoms with Crippen LogP contribution >= 0.6 is 11.6 Å². The molecule has 0 bridgehead atoms. The zero-order valence-electron chi connectivity index (χ0n) is 20.7. The van der Waals surface area contributed by atoms with E-state index in [1.54, 1.807) is 30.5 Å². The lowest BCUT2D eigenvalue weighted by atomic mass is 10.2. The highest BCUT2D eigenvalue weighted by molar-refractivity contribution is 7.92. The van der Waals surface area contributed by atoms with Gasteiger partial charge in [-0.15, -0.1) is 0 Å². The van der Waals surface area contributed by atoms with Crippen molar-refractivity contribution in [2.45, 2.75) is 20.4 Å². The van der Waals surface area contributed by atoms with Crippen LogP contribution in [0.25, 0.3) is 5.69 Å². The van der Waals surface area contributed by atoms with Gasteiger partial charge < -0.3 is 4.57 Å². The Bertz CT molecular complexity index is 1550. The molecular formula is C28H27ClN4O3S. The van der Waals surface area contributed by atoms with Crippen molar-refractivity contribution < 1.29 is 13.2 Å². The van der Waals surface area contributed by atoms with Gasteiger partial charge in [0.2, 0.25) is 10.0 Å². The van der Waals surface area contributed by atoms with Crippen LogP contribution in [0.2, 0.25) is 5.02 Å². The van der Waals surface area contributed by atoms with Gasteiger partial charge >= 0.3 is 0 Å². The second-order valence-electron chi connectivity index (χ2n) is 8.64. The quantitative estimate of drug-likeness (QED) is 0.240. The van der Waals surface area contributed by atoms with E-state index >= 15 is 0 Å². The Morgan fingerprint density at radius 1 is 1.00 bits per heavy atom. The molecule has 9 heteroatoms. The number of halogens is 1. The molecule has 0 aliphatic rings. The molecular weight excluding hydrogens is 508 g/mol. The molecule has 0 atom stereocenters. The first-order chi connectivity index (χ1) is 17.6. The van der Waals surface area contributed by atoms with E-state index in [-0.39, 0.29) is 6.54 Å². The van der Waals surface area contributed by atoms with Crippen molar-refractivity contribution in [2.24, 2.45) is 5.10 Å². The number of nitrogens with zero attached hydrogens (tertiary/aromatic N) is 3. The topological polar surface area (TPSA) is 83.8 Å². The minimum absolute atomic E-state index is 0.198. The number of aryl methyl sites for hydroxylation is 1. The van der Waals surface area contributed by atoms with Crippen molar-refractivity contribution in [3.05, 3.63) is 118 Å². The van der Waals surface area contributed by atoms with Gasteiger partial charge in [0.05, 0.1) is 24.7 Å². The number of carbonyl (C=O) groups excluding carboxylic acids is 1. The molecule has 3 aromatic carbocycles. The van der Waals surface area contributed by atoms with Crippen molar-refractivity contribution >= 4 is 39.4 Å². The first kappa shape index (κ1) is 26.2. The summed E-state index contributed by atoms with van der Waals surface area (Å²) < 4.78 is 28.2. The fourth-order valence-electron chi connectivity index (χ4n) is 4.08. The summed E-state index contributed by atoms with van der Waals surface area (Å²) in [5.41, 5.74) is 8.00. The van der Waals surface area contributed by atoms with E-state index in [1.165, 1.54) is 4.31 Å².